The Bertz CT molecular complexity index is 883. The monoisotopic (exact) mass is 568 g/mol. The molecule has 0 bridgehead atoms. The van der Waals surface area contributed by atoms with E-state index in [-0.39, 0.29) is 36.3 Å². The highest BCUT2D eigenvalue weighted by Crippen LogP contribution is 2.15. The Hall–Kier alpha value is -1.93. The van der Waals surface area contributed by atoms with Crippen LogP contribution in [0.1, 0.15) is 150 Å². The summed E-state index contributed by atoms with van der Waals surface area (Å²) in [5.74, 6) is -1.59. The number of carbonyl (C=O) groups is 2. The van der Waals surface area contributed by atoms with Crippen LogP contribution in [0.15, 0.2) is 24.3 Å². The Balaban J connectivity index is 2.05. The number of unbranched alkanes of at least 4 members (excludes halogenated alkanes) is 17. The third-order valence-corrected chi connectivity index (χ3v) is 7.68. The van der Waals surface area contributed by atoms with Crippen molar-refractivity contribution in [1.29, 1.82) is 0 Å². The predicted molar refractivity (Wildman–Crippen MR) is 157 cm³/mol. The Labute approximate surface area is 237 Å². The van der Waals surface area contributed by atoms with E-state index in [9.17, 15) is 18.0 Å². The second-order valence-electron chi connectivity index (χ2n) is 10.5. The van der Waals surface area contributed by atoms with Gasteiger partial charge in [0.25, 0.3) is 10.1 Å². The number of hydrogen-bond donors (Lipinski definition) is 1. The lowest BCUT2D eigenvalue weighted by Crippen LogP contribution is -2.15. The minimum atomic E-state index is -4.02. The molecule has 0 aromatic heterocycles. The quantitative estimate of drug-likeness (QED) is 0.0718. The molecule has 1 aromatic rings. The van der Waals surface area contributed by atoms with E-state index in [0.29, 0.717) is 6.61 Å². The van der Waals surface area contributed by atoms with Gasteiger partial charge in [-0.1, -0.05) is 122 Å². The predicted octanol–water partition coefficient (Wildman–Crippen LogP) is 8.32. The van der Waals surface area contributed by atoms with E-state index in [1.807, 2.05) is 0 Å². The minimum absolute atomic E-state index is 0.00299. The summed E-state index contributed by atoms with van der Waals surface area (Å²) in [6, 6.07) is 6.34. The number of rotatable bonds is 25. The van der Waals surface area contributed by atoms with Crippen LogP contribution in [0.25, 0.3) is 0 Å². The third kappa shape index (κ3) is 19.7. The molecule has 0 heterocycles. The summed E-state index contributed by atoms with van der Waals surface area (Å²) >= 11 is 0. The smallest absolute Gasteiger partial charge is 0.339 e. The highest BCUT2D eigenvalue weighted by atomic mass is 32.2. The molecule has 0 aliphatic heterocycles. The second kappa shape index (κ2) is 22.8. The van der Waals surface area contributed by atoms with E-state index in [1.165, 1.54) is 102 Å². The average Bonchev–Trinajstić information content (AvgIpc) is 2.91. The Morgan fingerprint density at radius 2 is 0.923 bits per heavy atom. The first-order chi connectivity index (χ1) is 18.8. The van der Waals surface area contributed by atoms with Gasteiger partial charge in [0.15, 0.2) is 0 Å². The van der Waals surface area contributed by atoms with Gasteiger partial charge in [-0.15, -0.1) is 0 Å². The largest absolute Gasteiger partial charge is 0.462 e. The molecular weight excluding hydrogens is 516 g/mol. The molecule has 39 heavy (non-hydrogen) atoms. The number of ether oxygens (including phenoxy) is 2. The van der Waals surface area contributed by atoms with Gasteiger partial charge in [-0.2, -0.15) is 8.42 Å². The molecule has 0 aliphatic carbocycles. The van der Waals surface area contributed by atoms with Gasteiger partial charge in [0.1, 0.15) is 0 Å². The van der Waals surface area contributed by atoms with Crippen molar-refractivity contribution in [3.05, 3.63) is 35.4 Å². The maximum Gasteiger partial charge on any atom is 0.339 e. The topological polar surface area (TPSA) is 107 Å². The fraction of sp³-hybridized carbons (Fsp3) is 0.742. The average molecular weight is 569 g/mol. The molecule has 1 rings (SSSR count). The Kier molecular flexibility index (Phi) is 20.6. The highest BCUT2D eigenvalue weighted by molar-refractivity contribution is 7.85. The van der Waals surface area contributed by atoms with Crippen LogP contribution in [0.2, 0.25) is 0 Å². The minimum Gasteiger partial charge on any atom is -0.462 e. The summed E-state index contributed by atoms with van der Waals surface area (Å²) < 4.78 is 40.7. The maximum atomic E-state index is 12.5. The zero-order valence-corrected chi connectivity index (χ0v) is 25.0. The van der Waals surface area contributed by atoms with Gasteiger partial charge in [-0.25, -0.2) is 9.59 Å². The van der Waals surface area contributed by atoms with Crippen molar-refractivity contribution in [3.8, 4) is 0 Å². The zero-order valence-electron chi connectivity index (χ0n) is 24.2. The fourth-order valence-electron chi connectivity index (χ4n) is 4.54. The van der Waals surface area contributed by atoms with Gasteiger partial charge in [-0.05, 0) is 31.4 Å². The fourth-order valence-corrected chi connectivity index (χ4v) is 5.11. The van der Waals surface area contributed by atoms with Gasteiger partial charge in [0.05, 0.1) is 30.1 Å². The number of benzene rings is 1. The van der Waals surface area contributed by atoms with Crippen molar-refractivity contribution < 1.29 is 32.0 Å². The number of carbonyl (C=O) groups excluding carboxylic acids is 2. The molecule has 0 amide bonds. The van der Waals surface area contributed by atoms with Crippen molar-refractivity contribution in [1.82, 2.24) is 0 Å². The summed E-state index contributed by atoms with van der Waals surface area (Å²) in [6.45, 7) is 2.58. The molecule has 1 N–H and O–H groups in total. The van der Waals surface area contributed by atoms with Crippen molar-refractivity contribution in [2.75, 3.05) is 19.0 Å². The summed E-state index contributed by atoms with van der Waals surface area (Å²) in [6.07, 6.45) is 22.4. The van der Waals surface area contributed by atoms with Crippen molar-refractivity contribution in [2.24, 2.45) is 0 Å². The third-order valence-electron chi connectivity index (χ3n) is 6.88. The van der Waals surface area contributed by atoms with Crippen molar-refractivity contribution >= 4 is 22.1 Å². The van der Waals surface area contributed by atoms with Crippen LogP contribution >= 0.6 is 0 Å². The van der Waals surface area contributed by atoms with Crippen LogP contribution < -0.4 is 0 Å². The zero-order chi connectivity index (χ0) is 28.6. The van der Waals surface area contributed by atoms with Crippen LogP contribution in [0.5, 0.6) is 0 Å². The summed E-state index contributed by atoms with van der Waals surface area (Å²) in [4.78, 5) is 24.9. The molecule has 1 aromatic carbocycles. The normalized spacial score (nSPS) is 11.4. The van der Waals surface area contributed by atoms with Crippen LogP contribution in [-0.4, -0.2) is 43.9 Å². The maximum absolute atomic E-state index is 12.5. The molecule has 0 saturated heterocycles. The van der Waals surface area contributed by atoms with Crippen LogP contribution in [-0.2, 0) is 19.6 Å². The van der Waals surface area contributed by atoms with E-state index >= 15 is 0 Å². The van der Waals surface area contributed by atoms with Crippen LogP contribution in [0, 0.1) is 0 Å². The molecule has 0 atom stereocenters. The van der Waals surface area contributed by atoms with Crippen molar-refractivity contribution in [2.45, 2.75) is 129 Å². The summed E-state index contributed by atoms with van der Waals surface area (Å²) in [5, 5.41) is 0. The standard InChI is InChI=1S/C31H52O7S/c1-2-3-4-5-6-7-8-9-10-11-12-13-14-15-16-17-20-25-37-30(32)28-23-18-19-24-29(28)31(33)38-26-21-22-27-39(34,35)36/h18-19,23-24H,2-17,20-22,25-27H2,1H3,(H,34,35,36). The lowest BCUT2D eigenvalue weighted by Gasteiger charge is -2.10. The lowest BCUT2D eigenvalue weighted by molar-refractivity contribution is 0.0451. The number of esters is 2. The molecular formula is C31H52O7S. The van der Waals surface area contributed by atoms with Gasteiger partial charge in [0.2, 0.25) is 0 Å². The summed E-state index contributed by atoms with van der Waals surface area (Å²) in [7, 11) is -4.02. The summed E-state index contributed by atoms with van der Waals surface area (Å²) in [5.41, 5.74) is 0.284. The lowest BCUT2D eigenvalue weighted by atomic mass is 10.0. The van der Waals surface area contributed by atoms with Crippen LogP contribution in [0.4, 0.5) is 0 Å². The van der Waals surface area contributed by atoms with Gasteiger partial charge < -0.3 is 9.47 Å². The van der Waals surface area contributed by atoms with Crippen molar-refractivity contribution in [3.63, 3.8) is 0 Å². The Morgan fingerprint density at radius 1 is 0.590 bits per heavy atom. The molecule has 0 unspecified atom stereocenters. The SMILES string of the molecule is CCCCCCCCCCCCCCCCCCCOC(=O)c1ccccc1C(=O)OCCCCS(=O)(=O)O. The molecule has 0 aliphatic rings. The van der Waals surface area contributed by atoms with Crippen LogP contribution in [0.3, 0.4) is 0 Å². The van der Waals surface area contributed by atoms with Gasteiger partial charge in [0, 0.05) is 0 Å². The molecule has 0 fully saturated rings. The highest BCUT2D eigenvalue weighted by Gasteiger charge is 2.19. The molecule has 0 saturated carbocycles. The van der Waals surface area contributed by atoms with Gasteiger partial charge >= 0.3 is 11.9 Å². The first-order valence-corrected chi connectivity index (χ1v) is 16.8. The molecule has 0 spiro atoms. The second-order valence-corrected chi connectivity index (χ2v) is 12.0. The Morgan fingerprint density at radius 3 is 1.28 bits per heavy atom. The first-order valence-electron chi connectivity index (χ1n) is 15.2. The van der Waals surface area contributed by atoms with E-state index in [4.69, 9.17) is 14.0 Å². The van der Waals surface area contributed by atoms with E-state index in [2.05, 4.69) is 6.92 Å². The van der Waals surface area contributed by atoms with Gasteiger partial charge in [-0.3, -0.25) is 4.55 Å². The van der Waals surface area contributed by atoms with E-state index in [1.54, 1.807) is 12.1 Å². The number of hydrogen-bond acceptors (Lipinski definition) is 6. The molecule has 7 nitrogen and oxygen atoms in total. The van der Waals surface area contributed by atoms with E-state index in [0.717, 1.165) is 19.3 Å². The van der Waals surface area contributed by atoms with E-state index < -0.39 is 22.1 Å². The molecule has 0 radical (unpaired) electrons. The first kappa shape index (κ1) is 35.1. The molecule has 8 heteroatoms. The molecule has 224 valence electrons.